The summed E-state index contributed by atoms with van der Waals surface area (Å²) in [5.74, 6) is 0.238. The van der Waals surface area contributed by atoms with Gasteiger partial charge in [0.2, 0.25) is 0 Å². The Hall–Kier alpha value is -0.903. The number of carbonyl (C=O) groups is 2. The van der Waals surface area contributed by atoms with Gasteiger partial charge in [0.05, 0.1) is 14.0 Å². The molecule has 4 atom stereocenters. The second kappa shape index (κ2) is 7.58. The van der Waals surface area contributed by atoms with Crippen LogP contribution in [0.15, 0.2) is 11.3 Å². The molecule has 0 spiro atoms. The van der Waals surface area contributed by atoms with Crippen molar-refractivity contribution < 1.29 is 14.7 Å². The van der Waals surface area contributed by atoms with Crippen LogP contribution < -0.4 is 0 Å². The van der Waals surface area contributed by atoms with Crippen molar-refractivity contribution in [3.63, 3.8) is 0 Å². The molecule has 1 saturated carbocycles. The number of Topliss-reactive ketones (excluding diaryl/α,β-unsaturated/α-hetero) is 1. The molecule has 1 aliphatic carbocycles. The molecule has 0 aromatic carbocycles. The molecule has 0 aromatic heterocycles. The van der Waals surface area contributed by atoms with Gasteiger partial charge in [-0.05, 0) is 43.9 Å². The molecule has 1 rings (SSSR count). The summed E-state index contributed by atoms with van der Waals surface area (Å²) in [5, 5.41) is 9.45. The Morgan fingerprint density at radius 1 is 1.32 bits per heavy atom. The fourth-order valence-corrected chi connectivity index (χ4v) is 5.08. The minimum Gasteiger partial charge on any atom is -0.481 e. The average molecular weight is 325 g/mol. The molecule has 3 nitrogen and oxygen atoms in total. The summed E-state index contributed by atoms with van der Waals surface area (Å²) >= 11 is 0. The van der Waals surface area contributed by atoms with Crippen LogP contribution in [0.3, 0.4) is 0 Å². The fourth-order valence-electron chi connectivity index (χ4n) is 3.65. The number of hydrogen-bond acceptors (Lipinski definition) is 2. The van der Waals surface area contributed by atoms with E-state index in [0.717, 1.165) is 19.3 Å². The third-order valence-corrected chi connectivity index (χ3v) is 6.08. The van der Waals surface area contributed by atoms with Crippen LogP contribution in [0.5, 0.6) is 0 Å². The van der Waals surface area contributed by atoms with Gasteiger partial charge in [0, 0.05) is 6.42 Å². The number of hydrogen-bond donors (Lipinski definition) is 1. The third-order valence-electron chi connectivity index (χ3n) is 4.88. The highest BCUT2D eigenvalue weighted by Crippen LogP contribution is 2.44. The zero-order valence-electron chi connectivity index (χ0n) is 15.0. The first-order valence-corrected chi connectivity index (χ1v) is 12.1. The lowest BCUT2D eigenvalue weighted by Gasteiger charge is -2.40. The molecule has 0 amide bonds. The van der Waals surface area contributed by atoms with Crippen LogP contribution in [-0.2, 0) is 9.59 Å². The topological polar surface area (TPSA) is 54.4 Å². The molecule has 0 aromatic rings. The van der Waals surface area contributed by atoms with Crippen molar-refractivity contribution in [3.05, 3.63) is 11.3 Å². The minimum absolute atomic E-state index is 0.136. The summed E-state index contributed by atoms with van der Waals surface area (Å²) in [4.78, 5) is 22.9. The van der Waals surface area contributed by atoms with Crippen LogP contribution in [0.1, 0.15) is 46.5 Å². The Morgan fingerprint density at radius 2 is 1.91 bits per heavy atom. The van der Waals surface area contributed by atoms with Gasteiger partial charge in [0.25, 0.3) is 0 Å². The molecule has 1 fully saturated rings. The SMILES string of the molecule is CC(=O)CC[C@@H]1/C(=C\[Si](C)(C)C)[C@H]([C@@H](C)C(=O)O)CC[C@H]1C. The van der Waals surface area contributed by atoms with Crippen molar-refractivity contribution in [2.45, 2.75) is 66.1 Å². The van der Waals surface area contributed by atoms with E-state index in [0.29, 0.717) is 18.3 Å². The van der Waals surface area contributed by atoms with E-state index in [1.807, 2.05) is 6.92 Å². The number of allylic oxidation sites excluding steroid dienone is 1. The molecule has 0 unspecified atom stereocenters. The Bertz CT molecular complexity index is 448. The molecule has 1 N–H and O–H groups in total. The van der Waals surface area contributed by atoms with Crippen molar-refractivity contribution in [2.75, 3.05) is 0 Å². The maximum absolute atomic E-state index is 11.5. The van der Waals surface area contributed by atoms with Crippen LogP contribution in [0.4, 0.5) is 0 Å². The summed E-state index contributed by atoms with van der Waals surface area (Å²) in [6, 6.07) is 0. The normalized spacial score (nSPS) is 29.4. The van der Waals surface area contributed by atoms with Gasteiger partial charge < -0.3 is 9.90 Å². The van der Waals surface area contributed by atoms with E-state index in [9.17, 15) is 14.7 Å². The van der Waals surface area contributed by atoms with Gasteiger partial charge >= 0.3 is 5.97 Å². The summed E-state index contributed by atoms with van der Waals surface area (Å²) in [6.07, 6.45) is 3.50. The molecule has 0 saturated heterocycles. The van der Waals surface area contributed by atoms with Gasteiger partial charge in [0.1, 0.15) is 5.78 Å². The van der Waals surface area contributed by atoms with Crippen molar-refractivity contribution in [2.24, 2.45) is 23.7 Å². The molecule has 4 heteroatoms. The summed E-state index contributed by atoms with van der Waals surface area (Å²) in [6.45, 7) is 12.6. The van der Waals surface area contributed by atoms with Crippen LogP contribution in [0, 0.1) is 23.7 Å². The maximum Gasteiger partial charge on any atom is 0.306 e. The highest BCUT2D eigenvalue weighted by atomic mass is 28.3. The lowest BCUT2D eigenvalue weighted by molar-refractivity contribution is -0.143. The summed E-state index contributed by atoms with van der Waals surface area (Å²) in [5.41, 5.74) is 3.76. The molecule has 126 valence electrons. The Kier molecular flexibility index (Phi) is 6.60. The Labute approximate surface area is 136 Å². The quantitative estimate of drug-likeness (QED) is 0.730. The van der Waals surface area contributed by atoms with Gasteiger partial charge in [-0.1, -0.05) is 44.8 Å². The van der Waals surface area contributed by atoms with Gasteiger partial charge in [-0.25, -0.2) is 0 Å². The van der Waals surface area contributed by atoms with Crippen molar-refractivity contribution in [1.82, 2.24) is 0 Å². The number of ketones is 1. The molecule has 0 heterocycles. The Morgan fingerprint density at radius 3 is 2.36 bits per heavy atom. The molecule has 0 aliphatic heterocycles. The zero-order chi connectivity index (χ0) is 17.1. The molecule has 0 radical (unpaired) electrons. The standard InChI is InChI=1S/C18H32O3Si/c1-12-7-9-16(14(3)18(20)21)17(11-22(4,5)6)15(12)10-8-13(2)19/h11-12,14-16H,7-10H2,1-6H3,(H,20,21)/b17-11+/t12-,14-,15+,16+/m1/s1. The van der Waals surface area contributed by atoms with Gasteiger partial charge in [-0.15, -0.1) is 0 Å². The molecular weight excluding hydrogens is 292 g/mol. The average Bonchev–Trinajstić information content (AvgIpc) is 2.35. The van der Waals surface area contributed by atoms with Gasteiger partial charge in [-0.3, -0.25) is 4.79 Å². The van der Waals surface area contributed by atoms with Gasteiger partial charge in [-0.2, -0.15) is 0 Å². The van der Waals surface area contributed by atoms with Crippen LogP contribution in [0.25, 0.3) is 0 Å². The van der Waals surface area contributed by atoms with E-state index in [1.165, 1.54) is 5.57 Å². The second-order valence-corrected chi connectivity index (χ2v) is 13.2. The first kappa shape index (κ1) is 19.1. The highest BCUT2D eigenvalue weighted by molar-refractivity contribution is 6.81. The lowest BCUT2D eigenvalue weighted by Crippen LogP contribution is -2.35. The number of rotatable bonds is 6. The summed E-state index contributed by atoms with van der Waals surface area (Å²) in [7, 11) is -1.43. The monoisotopic (exact) mass is 324 g/mol. The van der Waals surface area contributed by atoms with Gasteiger partial charge in [0.15, 0.2) is 0 Å². The Balaban J connectivity index is 3.15. The van der Waals surface area contributed by atoms with Crippen molar-refractivity contribution in [3.8, 4) is 0 Å². The smallest absolute Gasteiger partial charge is 0.306 e. The van der Waals surface area contributed by atoms with E-state index in [2.05, 4.69) is 32.3 Å². The van der Waals surface area contributed by atoms with E-state index < -0.39 is 14.0 Å². The first-order valence-electron chi connectivity index (χ1n) is 8.47. The van der Waals surface area contributed by atoms with E-state index in [1.54, 1.807) is 6.92 Å². The lowest BCUT2D eigenvalue weighted by atomic mass is 9.66. The molecule has 22 heavy (non-hydrogen) atoms. The van der Waals surface area contributed by atoms with Crippen LogP contribution >= 0.6 is 0 Å². The zero-order valence-corrected chi connectivity index (χ0v) is 16.0. The van der Waals surface area contributed by atoms with E-state index in [-0.39, 0.29) is 17.6 Å². The fraction of sp³-hybridized carbons (Fsp3) is 0.778. The molecule has 1 aliphatic rings. The van der Waals surface area contributed by atoms with Crippen LogP contribution in [0.2, 0.25) is 19.6 Å². The largest absolute Gasteiger partial charge is 0.481 e. The third kappa shape index (κ3) is 5.38. The molecule has 0 bridgehead atoms. The van der Waals surface area contributed by atoms with E-state index >= 15 is 0 Å². The van der Waals surface area contributed by atoms with E-state index in [4.69, 9.17) is 0 Å². The summed E-state index contributed by atoms with van der Waals surface area (Å²) < 4.78 is 0. The number of carboxylic acid groups (broad SMARTS) is 1. The first-order chi connectivity index (χ1) is 10.0. The maximum atomic E-state index is 11.5. The number of aliphatic carboxylic acids is 1. The predicted octanol–water partition coefficient (Wildman–Crippen LogP) is 4.54. The van der Waals surface area contributed by atoms with Crippen LogP contribution in [-0.4, -0.2) is 24.9 Å². The highest BCUT2D eigenvalue weighted by Gasteiger charge is 2.38. The number of carbonyl (C=O) groups excluding carboxylic acids is 1. The number of carboxylic acids is 1. The predicted molar refractivity (Wildman–Crippen MR) is 93.5 cm³/mol. The van der Waals surface area contributed by atoms with Crippen molar-refractivity contribution in [1.29, 1.82) is 0 Å². The minimum atomic E-state index is -1.43. The van der Waals surface area contributed by atoms with Crippen molar-refractivity contribution >= 4 is 19.8 Å². The molecular formula is C18H32O3Si. The second-order valence-electron chi connectivity index (χ2n) is 8.15.